The Hall–Kier alpha value is -3.20. The molecule has 0 aliphatic carbocycles. The van der Waals surface area contributed by atoms with Crippen LogP contribution in [0.5, 0.6) is 0 Å². The van der Waals surface area contributed by atoms with E-state index in [0.29, 0.717) is 24.2 Å². The average molecular weight is 312 g/mol. The van der Waals surface area contributed by atoms with Gasteiger partial charge in [-0.1, -0.05) is 18.7 Å². The summed E-state index contributed by atoms with van der Waals surface area (Å²) in [6.07, 6.45) is 1.14. The molecule has 0 unspecified atom stereocenters. The first-order chi connectivity index (χ1) is 11.1. The van der Waals surface area contributed by atoms with Gasteiger partial charge in [0.2, 0.25) is 5.91 Å². The van der Waals surface area contributed by atoms with E-state index in [1.807, 2.05) is 18.2 Å². The summed E-state index contributed by atoms with van der Waals surface area (Å²) >= 11 is 0. The lowest BCUT2D eigenvalue weighted by molar-refractivity contribution is -0.116. The summed E-state index contributed by atoms with van der Waals surface area (Å²) in [5.41, 5.74) is 8.37. The average Bonchev–Trinajstić information content (AvgIpc) is 2.57. The first-order valence-corrected chi connectivity index (χ1v) is 6.88. The van der Waals surface area contributed by atoms with Gasteiger partial charge >= 0.3 is 0 Å². The van der Waals surface area contributed by atoms with Gasteiger partial charge in [-0.15, -0.1) is 13.2 Å². The monoisotopic (exact) mass is 312 g/mol. The van der Waals surface area contributed by atoms with Crippen LogP contribution in [0.1, 0.15) is 12.0 Å². The van der Waals surface area contributed by atoms with Gasteiger partial charge in [0.15, 0.2) is 0 Å². The second kappa shape index (κ2) is 8.29. The Morgan fingerprint density at radius 1 is 1.43 bits per heavy atom. The van der Waals surface area contributed by atoms with Crippen LogP contribution in [-0.4, -0.2) is 13.0 Å². The summed E-state index contributed by atoms with van der Waals surface area (Å²) in [4.78, 5) is 11.5. The number of carbonyl (C=O) groups is 1. The molecule has 0 radical (unpaired) electrons. The summed E-state index contributed by atoms with van der Waals surface area (Å²) in [7, 11) is 1.41. The predicted molar refractivity (Wildman–Crippen MR) is 91.2 cm³/mol. The zero-order chi connectivity index (χ0) is 17.4. The number of nitriles is 1. The van der Waals surface area contributed by atoms with Crippen LogP contribution in [0.3, 0.4) is 0 Å². The smallest absolute Gasteiger partial charge is 0.224 e. The molecule has 1 aromatic carbocycles. The highest BCUT2D eigenvalue weighted by Gasteiger charge is 2.18. The Bertz CT molecular complexity index is 686. The van der Waals surface area contributed by atoms with E-state index < -0.39 is 0 Å². The molecule has 1 aliphatic heterocycles. The van der Waals surface area contributed by atoms with Crippen LogP contribution in [0.4, 0.5) is 11.4 Å². The highest BCUT2D eigenvalue weighted by Crippen LogP contribution is 2.31. The molecule has 0 bridgehead atoms. The number of anilines is 2. The summed E-state index contributed by atoms with van der Waals surface area (Å²) < 4.78 is 4.93. The first kappa shape index (κ1) is 17.9. The van der Waals surface area contributed by atoms with Crippen molar-refractivity contribution in [2.75, 3.05) is 17.7 Å². The van der Waals surface area contributed by atoms with Gasteiger partial charge in [0.05, 0.1) is 18.5 Å². The molecule has 0 saturated heterocycles. The number of hydrogen-bond donors (Lipinski definition) is 3. The van der Waals surface area contributed by atoms with E-state index in [-0.39, 0.29) is 23.1 Å². The van der Waals surface area contributed by atoms with Gasteiger partial charge in [-0.3, -0.25) is 4.79 Å². The molecule has 1 aliphatic rings. The van der Waals surface area contributed by atoms with Gasteiger partial charge in [0, 0.05) is 6.42 Å². The molecule has 120 valence electrons. The fourth-order valence-electron chi connectivity index (χ4n) is 2.09. The van der Waals surface area contributed by atoms with E-state index in [4.69, 9.17) is 15.7 Å². The van der Waals surface area contributed by atoms with Gasteiger partial charge in [0.25, 0.3) is 0 Å². The van der Waals surface area contributed by atoms with Crippen LogP contribution in [0.15, 0.2) is 55.1 Å². The molecule has 6 nitrogen and oxygen atoms in total. The van der Waals surface area contributed by atoms with Gasteiger partial charge in [-0.2, -0.15) is 5.26 Å². The Morgan fingerprint density at radius 3 is 2.74 bits per heavy atom. The van der Waals surface area contributed by atoms with Crippen molar-refractivity contribution in [2.45, 2.75) is 12.8 Å². The van der Waals surface area contributed by atoms with E-state index >= 15 is 0 Å². The van der Waals surface area contributed by atoms with Crippen LogP contribution < -0.4 is 16.4 Å². The molecular formula is C17H20N4O2. The van der Waals surface area contributed by atoms with Crippen molar-refractivity contribution in [1.82, 2.24) is 0 Å². The predicted octanol–water partition coefficient (Wildman–Crippen LogP) is 2.64. The van der Waals surface area contributed by atoms with Gasteiger partial charge in [-0.25, -0.2) is 0 Å². The lowest BCUT2D eigenvalue weighted by Crippen LogP contribution is -2.21. The quantitative estimate of drug-likeness (QED) is 0.343. The molecule has 0 atom stereocenters. The molecular weight excluding hydrogens is 292 g/mol. The summed E-state index contributed by atoms with van der Waals surface area (Å²) in [6, 6.07) is 7.53. The SMILES string of the molecule is C=C.C=C(OC)/C(C#N)=C(/N)Nc1cccc2c1NC(=O)CC2. The number of benzene rings is 1. The van der Waals surface area contributed by atoms with E-state index in [1.165, 1.54) is 7.11 Å². The summed E-state index contributed by atoms with van der Waals surface area (Å²) in [6.45, 7) is 9.61. The lowest BCUT2D eigenvalue weighted by Gasteiger charge is -2.21. The standard InChI is InChI=1S/C15H16N4O2.C2H4/c1-9(21-2)11(8-16)15(17)18-12-5-3-4-10-6-7-13(20)19-14(10)12;1-2/h3-5,18H,1,6-7,17H2,2H3,(H,19,20);1-2H2/b15-11-;. The number of amides is 1. The Balaban J connectivity index is 0.00000127. The zero-order valence-corrected chi connectivity index (χ0v) is 13.1. The highest BCUT2D eigenvalue weighted by molar-refractivity contribution is 5.98. The lowest BCUT2D eigenvalue weighted by atomic mass is 10.0. The van der Waals surface area contributed by atoms with E-state index in [9.17, 15) is 4.79 Å². The van der Waals surface area contributed by atoms with Crippen molar-refractivity contribution in [2.24, 2.45) is 5.73 Å². The van der Waals surface area contributed by atoms with Crippen LogP contribution in [0.25, 0.3) is 0 Å². The number of nitrogens with zero attached hydrogens (tertiary/aromatic N) is 1. The number of ether oxygens (including phenoxy) is 1. The molecule has 4 N–H and O–H groups in total. The number of rotatable bonds is 4. The molecule has 1 heterocycles. The topological polar surface area (TPSA) is 100 Å². The number of hydrogen-bond acceptors (Lipinski definition) is 5. The Morgan fingerprint density at radius 2 is 2.13 bits per heavy atom. The largest absolute Gasteiger partial charge is 0.496 e. The number of aryl methyl sites for hydroxylation is 1. The van der Waals surface area contributed by atoms with Crippen molar-refractivity contribution >= 4 is 17.3 Å². The second-order valence-electron chi connectivity index (χ2n) is 4.54. The maximum Gasteiger partial charge on any atom is 0.224 e. The van der Waals surface area contributed by atoms with Crippen molar-refractivity contribution in [1.29, 1.82) is 5.26 Å². The third-order valence-electron chi connectivity index (χ3n) is 3.21. The minimum atomic E-state index is -0.0406. The van der Waals surface area contributed by atoms with E-state index in [1.54, 1.807) is 6.07 Å². The number of nitrogens with two attached hydrogens (primary N) is 1. The number of allylic oxidation sites excluding steroid dienone is 1. The molecule has 0 saturated carbocycles. The van der Waals surface area contributed by atoms with Crippen LogP contribution in [0, 0.1) is 11.3 Å². The van der Waals surface area contributed by atoms with Gasteiger partial charge in [-0.05, 0) is 18.1 Å². The molecule has 23 heavy (non-hydrogen) atoms. The highest BCUT2D eigenvalue weighted by atomic mass is 16.5. The number of para-hydroxylation sites is 1. The van der Waals surface area contributed by atoms with Crippen LogP contribution >= 0.6 is 0 Å². The number of carbonyl (C=O) groups excluding carboxylic acids is 1. The third-order valence-corrected chi connectivity index (χ3v) is 3.21. The maximum absolute atomic E-state index is 11.5. The maximum atomic E-state index is 11.5. The van der Waals surface area contributed by atoms with Crippen LogP contribution in [-0.2, 0) is 16.0 Å². The Kier molecular flexibility index (Phi) is 6.44. The van der Waals surface area contributed by atoms with Crippen LogP contribution in [0.2, 0.25) is 0 Å². The molecule has 2 rings (SSSR count). The molecule has 6 heteroatoms. The molecule has 0 fully saturated rings. The van der Waals surface area contributed by atoms with Crippen molar-refractivity contribution in [3.8, 4) is 6.07 Å². The fraction of sp³-hybridized carbons (Fsp3) is 0.176. The summed E-state index contributed by atoms with van der Waals surface area (Å²) in [5, 5.41) is 14.9. The Labute approximate surface area is 135 Å². The normalized spacial score (nSPS) is 13.1. The van der Waals surface area contributed by atoms with E-state index in [0.717, 1.165) is 5.56 Å². The van der Waals surface area contributed by atoms with E-state index in [2.05, 4.69) is 30.4 Å². The van der Waals surface area contributed by atoms with Gasteiger partial charge in [0.1, 0.15) is 23.2 Å². The second-order valence-corrected chi connectivity index (χ2v) is 4.54. The molecule has 0 spiro atoms. The third kappa shape index (κ3) is 4.14. The molecule has 1 amide bonds. The molecule has 0 aromatic heterocycles. The number of fused-ring (bicyclic) bond motifs is 1. The fourth-order valence-corrected chi connectivity index (χ4v) is 2.09. The minimum Gasteiger partial charge on any atom is -0.496 e. The van der Waals surface area contributed by atoms with Crippen molar-refractivity contribution in [3.63, 3.8) is 0 Å². The van der Waals surface area contributed by atoms with Crippen molar-refractivity contribution < 1.29 is 9.53 Å². The van der Waals surface area contributed by atoms with Gasteiger partial charge < -0.3 is 21.1 Å². The van der Waals surface area contributed by atoms with Crippen molar-refractivity contribution in [3.05, 3.63) is 60.7 Å². The number of methoxy groups -OCH3 is 1. The first-order valence-electron chi connectivity index (χ1n) is 6.88. The minimum absolute atomic E-state index is 0.0406. The molecule has 1 aromatic rings. The summed E-state index contributed by atoms with van der Waals surface area (Å²) in [5.74, 6) is 0.259. The zero-order valence-electron chi connectivity index (χ0n) is 13.1. The number of nitrogens with one attached hydrogen (secondary N) is 2.